The van der Waals surface area contributed by atoms with Crippen LogP contribution in [0.1, 0.15) is 46.0 Å². The number of rotatable bonds is 4. The molecule has 0 saturated heterocycles. The molecule has 1 aliphatic rings. The van der Waals surface area contributed by atoms with Crippen molar-refractivity contribution in [3.63, 3.8) is 0 Å². The quantitative estimate of drug-likeness (QED) is 0.439. The third kappa shape index (κ3) is 3.34. The maximum Gasteiger partial charge on any atom is 0.323 e. The van der Waals surface area contributed by atoms with Crippen LogP contribution in [0.3, 0.4) is 0 Å². The molecule has 0 heterocycles. The van der Waals surface area contributed by atoms with Gasteiger partial charge in [0.1, 0.15) is 0 Å². The summed E-state index contributed by atoms with van der Waals surface area (Å²) in [6, 6.07) is 0. The van der Waals surface area contributed by atoms with Crippen LogP contribution in [0.25, 0.3) is 0 Å². The lowest BCUT2D eigenvalue weighted by Crippen LogP contribution is -2.42. The normalized spacial score (nSPS) is 20.3. The number of esters is 2. The summed E-state index contributed by atoms with van der Waals surface area (Å²) in [4.78, 5) is 24.3. The van der Waals surface area contributed by atoms with Crippen molar-refractivity contribution in [2.45, 2.75) is 46.0 Å². The summed E-state index contributed by atoms with van der Waals surface area (Å²) < 4.78 is 10.2. The molecule has 18 heavy (non-hydrogen) atoms. The number of hydrogen-bond donors (Lipinski definition) is 0. The van der Waals surface area contributed by atoms with Crippen molar-refractivity contribution < 1.29 is 19.1 Å². The number of allylic oxidation sites excluding steroid dienone is 2. The minimum Gasteiger partial charge on any atom is -0.465 e. The molecule has 102 valence electrons. The first-order valence-corrected chi connectivity index (χ1v) is 6.66. The summed E-state index contributed by atoms with van der Waals surface area (Å²) in [5, 5.41) is 0. The van der Waals surface area contributed by atoms with Crippen LogP contribution in [0.4, 0.5) is 0 Å². The summed E-state index contributed by atoms with van der Waals surface area (Å²) in [7, 11) is 0. The van der Waals surface area contributed by atoms with E-state index < -0.39 is 17.4 Å². The van der Waals surface area contributed by atoms with Crippen LogP contribution < -0.4 is 0 Å². The van der Waals surface area contributed by atoms with Crippen LogP contribution in [0.5, 0.6) is 0 Å². The molecule has 0 spiro atoms. The first-order valence-electron chi connectivity index (χ1n) is 6.66. The Morgan fingerprint density at radius 3 is 2.11 bits per heavy atom. The first-order chi connectivity index (χ1) is 8.67. The Bertz CT molecular complexity index is 302. The minimum atomic E-state index is -1.10. The van der Waals surface area contributed by atoms with Crippen molar-refractivity contribution in [3.05, 3.63) is 12.2 Å². The van der Waals surface area contributed by atoms with E-state index in [1.165, 1.54) is 0 Å². The molecular weight excluding hydrogens is 232 g/mol. The zero-order valence-electron chi connectivity index (χ0n) is 11.2. The van der Waals surface area contributed by atoms with Gasteiger partial charge in [-0.25, -0.2) is 0 Å². The Hall–Kier alpha value is -1.32. The van der Waals surface area contributed by atoms with E-state index in [0.717, 1.165) is 12.8 Å². The predicted octanol–water partition coefficient (Wildman–Crippen LogP) is 2.62. The predicted molar refractivity (Wildman–Crippen MR) is 67.9 cm³/mol. The summed E-state index contributed by atoms with van der Waals surface area (Å²) in [6.45, 7) is 4.07. The highest BCUT2D eigenvalue weighted by Crippen LogP contribution is 2.35. The maximum atomic E-state index is 12.2. The molecule has 1 aliphatic carbocycles. The smallest absolute Gasteiger partial charge is 0.323 e. The Balaban J connectivity index is 2.94. The Labute approximate surface area is 108 Å². The van der Waals surface area contributed by atoms with Gasteiger partial charge in [0, 0.05) is 0 Å². The van der Waals surface area contributed by atoms with Gasteiger partial charge in [-0.3, -0.25) is 9.59 Å². The van der Waals surface area contributed by atoms with E-state index in [2.05, 4.69) is 6.08 Å². The van der Waals surface area contributed by atoms with Crippen LogP contribution in [0.2, 0.25) is 0 Å². The van der Waals surface area contributed by atoms with E-state index in [0.29, 0.717) is 19.3 Å². The number of carbonyl (C=O) groups is 2. The van der Waals surface area contributed by atoms with E-state index >= 15 is 0 Å². The van der Waals surface area contributed by atoms with Crippen molar-refractivity contribution in [1.82, 2.24) is 0 Å². The zero-order chi connectivity index (χ0) is 13.4. The van der Waals surface area contributed by atoms with E-state index in [-0.39, 0.29) is 13.2 Å². The first kappa shape index (κ1) is 14.7. The number of hydrogen-bond acceptors (Lipinski definition) is 4. The molecule has 0 aromatic carbocycles. The molecule has 0 aromatic rings. The molecule has 0 saturated carbocycles. The Morgan fingerprint density at radius 2 is 1.56 bits per heavy atom. The molecule has 0 amide bonds. The van der Waals surface area contributed by atoms with Crippen molar-refractivity contribution >= 4 is 11.9 Å². The lowest BCUT2D eigenvalue weighted by atomic mass is 9.77. The van der Waals surface area contributed by atoms with Crippen LogP contribution in [-0.4, -0.2) is 25.2 Å². The van der Waals surface area contributed by atoms with Crippen LogP contribution in [-0.2, 0) is 19.1 Å². The second kappa shape index (κ2) is 7.19. The summed E-state index contributed by atoms with van der Waals surface area (Å²) in [5.41, 5.74) is -1.10. The second-order valence-electron chi connectivity index (χ2n) is 4.43. The maximum absolute atomic E-state index is 12.2. The van der Waals surface area contributed by atoms with E-state index in [4.69, 9.17) is 9.47 Å². The van der Waals surface area contributed by atoms with Gasteiger partial charge in [-0.2, -0.15) is 0 Å². The number of ether oxygens (including phenoxy) is 2. The van der Waals surface area contributed by atoms with Gasteiger partial charge in [0.15, 0.2) is 5.41 Å². The average Bonchev–Trinajstić information content (AvgIpc) is 2.29. The van der Waals surface area contributed by atoms with Gasteiger partial charge < -0.3 is 9.47 Å². The van der Waals surface area contributed by atoms with Crippen LogP contribution in [0, 0.1) is 5.41 Å². The standard InChI is InChI=1S/C14H22O4/c1-3-17-12(15)14(13(16)18-4-2)10-8-6-5-7-9-11-14/h5-6H,3-4,7-11H2,1-2H3/b6-5+. The second-order valence-corrected chi connectivity index (χ2v) is 4.43. The minimum absolute atomic E-state index is 0.288. The van der Waals surface area contributed by atoms with Gasteiger partial charge in [0.05, 0.1) is 13.2 Å². The van der Waals surface area contributed by atoms with Gasteiger partial charge in [-0.1, -0.05) is 12.2 Å². The topological polar surface area (TPSA) is 52.6 Å². The van der Waals surface area contributed by atoms with Crippen molar-refractivity contribution in [2.75, 3.05) is 13.2 Å². The molecule has 0 unspecified atom stereocenters. The summed E-state index contributed by atoms with van der Waals surface area (Å²) in [5.74, 6) is -0.863. The van der Waals surface area contributed by atoms with Crippen LogP contribution >= 0.6 is 0 Å². The average molecular weight is 254 g/mol. The third-order valence-electron chi connectivity index (χ3n) is 3.21. The Kier molecular flexibility index (Phi) is 5.89. The molecule has 0 bridgehead atoms. The van der Waals surface area contributed by atoms with E-state index in [1.54, 1.807) is 13.8 Å². The highest BCUT2D eigenvalue weighted by atomic mass is 16.6. The molecule has 1 rings (SSSR count). The highest BCUT2D eigenvalue weighted by molar-refractivity contribution is 6.00. The van der Waals surface area contributed by atoms with E-state index in [9.17, 15) is 9.59 Å². The molecule has 4 heteroatoms. The highest BCUT2D eigenvalue weighted by Gasteiger charge is 2.47. The molecule has 4 nitrogen and oxygen atoms in total. The molecule has 0 radical (unpaired) electrons. The van der Waals surface area contributed by atoms with Gasteiger partial charge in [0.2, 0.25) is 0 Å². The van der Waals surface area contributed by atoms with E-state index in [1.807, 2.05) is 6.08 Å². The van der Waals surface area contributed by atoms with Crippen molar-refractivity contribution in [1.29, 1.82) is 0 Å². The molecule has 0 aliphatic heterocycles. The lowest BCUT2D eigenvalue weighted by Gasteiger charge is -2.29. The van der Waals surface area contributed by atoms with Gasteiger partial charge in [0.25, 0.3) is 0 Å². The monoisotopic (exact) mass is 254 g/mol. The zero-order valence-corrected chi connectivity index (χ0v) is 11.2. The van der Waals surface area contributed by atoms with Gasteiger partial charge in [-0.05, 0) is 46.0 Å². The van der Waals surface area contributed by atoms with Crippen molar-refractivity contribution in [2.24, 2.45) is 5.41 Å². The van der Waals surface area contributed by atoms with Gasteiger partial charge >= 0.3 is 11.9 Å². The lowest BCUT2D eigenvalue weighted by molar-refractivity contribution is -0.173. The van der Waals surface area contributed by atoms with Gasteiger partial charge in [-0.15, -0.1) is 0 Å². The molecule has 0 aromatic heterocycles. The summed E-state index contributed by atoms with van der Waals surface area (Å²) >= 11 is 0. The SMILES string of the molecule is CCOC(=O)C1(C(=O)OCC)CC/C=C/CCC1. The van der Waals surface area contributed by atoms with Crippen molar-refractivity contribution in [3.8, 4) is 0 Å². The summed E-state index contributed by atoms with van der Waals surface area (Å²) in [6.07, 6.45) is 7.50. The molecule has 0 N–H and O–H groups in total. The molecule has 0 fully saturated rings. The third-order valence-corrected chi connectivity index (χ3v) is 3.21. The van der Waals surface area contributed by atoms with Crippen LogP contribution in [0.15, 0.2) is 12.2 Å². The fourth-order valence-electron chi connectivity index (χ4n) is 2.24. The fraction of sp³-hybridized carbons (Fsp3) is 0.714. The Morgan fingerprint density at radius 1 is 1.00 bits per heavy atom. The molecular formula is C14H22O4. The largest absolute Gasteiger partial charge is 0.465 e. The molecule has 0 atom stereocenters. The number of carbonyl (C=O) groups excluding carboxylic acids is 2. The fourth-order valence-corrected chi connectivity index (χ4v) is 2.24.